The third kappa shape index (κ3) is 3.57. The fraction of sp³-hybridized carbons (Fsp3) is 0.136. The van der Waals surface area contributed by atoms with Crippen molar-refractivity contribution in [2.24, 2.45) is 0 Å². The Morgan fingerprint density at radius 3 is 2.68 bits per heavy atom. The number of para-hydroxylation sites is 1. The Hall–Kier alpha value is -3.67. The number of carboxylic acids is 1. The summed E-state index contributed by atoms with van der Waals surface area (Å²) < 4.78 is 0. The second-order valence-electron chi connectivity index (χ2n) is 6.62. The van der Waals surface area contributed by atoms with Crippen LogP contribution < -0.4 is 5.32 Å². The zero-order valence-corrected chi connectivity index (χ0v) is 15.4. The summed E-state index contributed by atoms with van der Waals surface area (Å²) in [7, 11) is 0. The van der Waals surface area contributed by atoms with Crippen molar-refractivity contribution in [2.75, 3.05) is 11.9 Å². The second kappa shape index (κ2) is 7.52. The van der Waals surface area contributed by atoms with Crippen LogP contribution in [0.5, 0.6) is 0 Å². The van der Waals surface area contributed by atoms with E-state index in [1.54, 1.807) is 24.3 Å². The van der Waals surface area contributed by atoms with Crippen LogP contribution in [0.3, 0.4) is 0 Å². The molecule has 0 unspecified atom stereocenters. The minimum Gasteiger partial charge on any atom is -0.478 e. The maximum atomic E-state index is 11.0. The minimum atomic E-state index is -0.941. The minimum absolute atomic E-state index is 0.255. The zero-order chi connectivity index (χ0) is 19.5. The first-order valence-electron chi connectivity index (χ1n) is 9.07. The van der Waals surface area contributed by atoms with Crippen molar-refractivity contribution >= 4 is 22.7 Å². The average Bonchev–Trinajstić information content (AvgIpc) is 3.04. The number of nitrogens with one attached hydrogen (secondary N) is 2. The van der Waals surface area contributed by atoms with Crippen molar-refractivity contribution in [3.05, 3.63) is 77.7 Å². The molecule has 0 saturated heterocycles. The van der Waals surface area contributed by atoms with Gasteiger partial charge in [-0.15, -0.1) is 0 Å². The van der Waals surface area contributed by atoms with E-state index in [9.17, 15) is 4.79 Å². The van der Waals surface area contributed by atoms with Gasteiger partial charge >= 0.3 is 5.97 Å². The molecule has 0 fully saturated rings. The summed E-state index contributed by atoms with van der Waals surface area (Å²) in [6, 6.07) is 16.8. The van der Waals surface area contributed by atoms with Gasteiger partial charge in [0.1, 0.15) is 12.1 Å². The van der Waals surface area contributed by atoms with Crippen LogP contribution in [0.15, 0.2) is 60.9 Å². The van der Waals surface area contributed by atoms with Crippen LogP contribution >= 0.6 is 0 Å². The van der Waals surface area contributed by atoms with E-state index >= 15 is 0 Å². The number of fused-ring (bicyclic) bond motifs is 1. The summed E-state index contributed by atoms with van der Waals surface area (Å²) >= 11 is 0. The highest BCUT2D eigenvalue weighted by Crippen LogP contribution is 2.23. The first-order valence-corrected chi connectivity index (χ1v) is 9.07. The highest BCUT2D eigenvalue weighted by molar-refractivity contribution is 5.88. The van der Waals surface area contributed by atoms with Crippen molar-refractivity contribution in [2.45, 2.75) is 13.3 Å². The summed E-state index contributed by atoms with van der Waals surface area (Å²) in [5.41, 5.74) is 5.50. The third-order valence-corrected chi connectivity index (χ3v) is 4.80. The van der Waals surface area contributed by atoms with E-state index in [1.165, 1.54) is 23.0 Å². The lowest BCUT2D eigenvalue weighted by Gasteiger charge is -2.08. The quantitative estimate of drug-likeness (QED) is 0.470. The molecule has 2 heterocycles. The molecule has 3 N–H and O–H groups in total. The third-order valence-electron chi connectivity index (χ3n) is 4.80. The van der Waals surface area contributed by atoms with E-state index in [0.717, 1.165) is 35.6 Å². The fourth-order valence-electron chi connectivity index (χ4n) is 3.37. The number of carboxylic acid groups (broad SMARTS) is 1. The van der Waals surface area contributed by atoms with Crippen LogP contribution in [0.2, 0.25) is 0 Å². The number of benzene rings is 2. The van der Waals surface area contributed by atoms with Gasteiger partial charge in [-0.25, -0.2) is 14.8 Å². The van der Waals surface area contributed by atoms with Crippen LogP contribution in [0.4, 0.5) is 5.82 Å². The number of H-pyrrole nitrogens is 1. The Morgan fingerprint density at radius 2 is 1.89 bits per heavy atom. The molecule has 0 bridgehead atoms. The fourth-order valence-corrected chi connectivity index (χ4v) is 3.37. The number of aromatic nitrogens is 3. The predicted molar refractivity (Wildman–Crippen MR) is 110 cm³/mol. The predicted octanol–water partition coefficient (Wildman–Crippen LogP) is 4.29. The number of aromatic amines is 1. The van der Waals surface area contributed by atoms with Crippen molar-refractivity contribution in [3.8, 4) is 11.3 Å². The molecule has 28 heavy (non-hydrogen) atoms. The Kier molecular flexibility index (Phi) is 4.76. The van der Waals surface area contributed by atoms with E-state index in [-0.39, 0.29) is 5.56 Å². The maximum absolute atomic E-state index is 11.0. The first-order chi connectivity index (χ1) is 13.6. The summed E-state index contributed by atoms with van der Waals surface area (Å²) in [6.45, 7) is 2.84. The Balaban J connectivity index is 1.46. The molecule has 2 aromatic carbocycles. The summed E-state index contributed by atoms with van der Waals surface area (Å²) in [5, 5.41) is 13.6. The molecule has 4 aromatic rings. The molecule has 0 atom stereocenters. The SMILES string of the molecule is Cc1[nH]c2ccccc2c1CCNc1cc(-c2ccc(C(=O)O)cc2)ncn1. The summed E-state index contributed by atoms with van der Waals surface area (Å²) in [4.78, 5) is 23.0. The number of rotatable bonds is 6. The van der Waals surface area contributed by atoms with Gasteiger partial charge < -0.3 is 15.4 Å². The highest BCUT2D eigenvalue weighted by atomic mass is 16.4. The number of aromatic carboxylic acids is 1. The van der Waals surface area contributed by atoms with Crippen LogP contribution in [0.1, 0.15) is 21.6 Å². The van der Waals surface area contributed by atoms with E-state index in [1.807, 2.05) is 12.1 Å². The molecule has 0 spiro atoms. The number of hydrogen-bond acceptors (Lipinski definition) is 4. The van der Waals surface area contributed by atoms with Crippen molar-refractivity contribution in [1.29, 1.82) is 0 Å². The van der Waals surface area contributed by atoms with Gasteiger partial charge in [-0.1, -0.05) is 30.3 Å². The molecular weight excluding hydrogens is 352 g/mol. The van der Waals surface area contributed by atoms with Gasteiger partial charge in [-0.05, 0) is 37.1 Å². The number of hydrogen-bond donors (Lipinski definition) is 3. The molecule has 0 saturated carbocycles. The smallest absolute Gasteiger partial charge is 0.335 e. The first kappa shape index (κ1) is 17.7. The number of anilines is 1. The highest BCUT2D eigenvalue weighted by Gasteiger charge is 2.08. The molecule has 0 aliphatic carbocycles. The van der Waals surface area contributed by atoms with Crippen LogP contribution in [0.25, 0.3) is 22.2 Å². The van der Waals surface area contributed by atoms with Crippen LogP contribution in [-0.2, 0) is 6.42 Å². The standard InChI is InChI=1S/C22H20N4O2/c1-14-17(18-4-2-3-5-19(18)26-14)10-11-23-21-12-20(24-13-25-21)15-6-8-16(9-7-15)22(27)28/h2-9,12-13,26H,10-11H2,1H3,(H,27,28)(H,23,24,25). The summed E-state index contributed by atoms with van der Waals surface area (Å²) in [5.74, 6) is -0.200. The topological polar surface area (TPSA) is 90.9 Å². The number of aryl methyl sites for hydroxylation is 1. The number of carbonyl (C=O) groups is 1. The average molecular weight is 372 g/mol. The van der Waals surface area contributed by atoms with Crippen LogP contribution in [-0.4, -0.2) is 32.6 Å². The van der Waals surface area contributed by atoms with E-state index in [4.69, 9.17) is 5.11 Å². The van der Waals surface area contributed by atoms with Crippen molar-refractivity contribution in [3.63, 3.8) is 0 Å². The lowest BCUT2D eigenvalue weighted by molar-refractivity contribution is 0.0697. The monoisotopic (exact) mass is 372 g/mol. The molecule has 2 aromatic heterocycles. The van der Waals surface area contributed by atoms with Crippen molar-refractivity contribution in [1.82, 2.24) is 15.0 Å². The van der Waals surface area contributed by atoms with E-state index in [2.05, 4.69) is 45.4 Å². The van der Waals surface area contributed by atoms with Gasteiger partial charge in [-0.3, -0.25) is 0 Å². The Labute approximate surface area is 162 Å². The summed E-state index contributed by atoms with van der Waals surface area (Å²) in [6.07, 6.45) is 2.39. The lowest BCUT2D eigenvalue weighted by Crippen LogP contribution is -2.07. The maximum Gasteiger partial charge on any atom is 0.335 e. The van der Waals surface area contributed by atoms with Gasteiger partial charge in [0.15, 0.2) is 0 Å². The largest absolute Gasteiger partial charge is 0.478 e. The van der Waals surface area contributed by atoms with E-state index < -0.39 is 5.97 Å². The zero-order valence-electron chi connectivity index (χ0n) is 15.4. The van der Waals surface area contributed by atoms with Gasteiger partial charge in [-0.2, -0.15) is 0 Å². The van der Waals surface area contributed by atoms with Gasteiger partial charge in [0.2, 0.25) is 0 Å². The molecular formula is C22H20N4O2. The second-order valence-corrected chi connectivity index (χ2v) is 6.62. The number of nitrogens with zero attached hydrogens (tertiary/aromatic N) is 2. The molecule has 4 rings (SSSR count). The molecule has 0 aliphatic heterocycles. The van der Waals surface area contributed by atoms with Gasteiger partial charge in [0, 0.05) is 34.8 Å². The normalized spacial score (nSPS) is 10.9. The molecule has 0 amide bonds. The Bertz CT molecular complexity index is 1130. The van der Waals surface area contributed by atoms with E-state index in [0.29, 0.717) is 0 Å². The van der Waals surface area contributed by atoms with Crippen molar-refractivity contribution < 1.29 is 9.90 Å². The molecule has 140 valence electrons. The molecule has 6 nitrogen and oxygen atoms in total. The Morgan fingerprint density at radius 1 is 1.11 bits per heavy atom. The van der Waals surface area contributed by atoms with Gasteiger partial charge in [0.25, 0.3) is 0 Å². The molecule has 0 aliphatic rings. The molecule has 0 radical (unpaired) electrons. The lowest BCUT2D eigenvalue weighted by atomic mass is 10.1. The van der Waals surface area contributed by atoms with Gasteiger partial charge in [0.05, 0.1) is 11.3 Å². The molecule has 6 heteroatoms. The van der Waals surface area contributed by atoms with Crippen LogP contribution in [0, 0.1) is 6.92 Å².